The van der Waals surface area contributed by atoms with Crippen LogP contribution in [0.3, 0.4) is 0 Å². The molecule has 0 atom stereocenters. The summed E-state index contributed by atoms with van der Waals surface area (Å²) in [6.45, 7) is 3.12. The molecule has 2 N–H and O–H groups in total. The van der Waals surface area contributed by atoms with E-state index in [1.165, 1.54) is 14.0 Å². The van der Waals surface area contributed by atoms with Gasteiger partial charge in [-0.2, -0.15) is 5.10 Å². The van der Waals surface area contributed by atoms with Crippen molar-refractivity contribution < 1.29 is 14.5 Å². The highest BCUT2D eigenvalue weighted by Gasteiger charge is 2.29. The number of nitrogens with zero attached hydrogens (tertiary/aromatic N) is 3. The van der Waals surface area contributed by atoms with E-state index in [4.69, 9.17) is 0 Å². The van der Waals surface area contributed by atoms with E-state index in [0.717, 1.165) is 10.5 Å². The third kappa shape index (κ3) is 3.75. The fraction of sp³-hybridized carbons (Fsp3) is 0.267. The van der Waals surface area contributed by atoms with Gasteiger partial charge in [-0.1, -0.05) is 17.7 Å². The molecule has 24 heavy (non-hydrogen) atoms. The van der Waals surface area contributed by atoms with Crippen LogP contribution >= 0.6 is 0 Å². The highest BCUT2D eigenvalue weighted by Crippen LogP contribution is 2.21. The lowest BCUT2D eigenvalue weighted by Gasteiger charge is -2.15. The summed E-state index contributed by atoms with van der Waals surface area (Å²) >= 11 is 0. The minimum Gasteiger partial charge on any atom is -0.331 e. The second-order valence-corrected chi connectivity index (χ2v) is 5.38. The number of nitrogens with one attached hydrogen (secondary N) is 2. The number of H-pyrrole nitrogens is 1. The highest BCUT2D eigenvalue weighted by atomic mass is 16.6. The van der Waals surface area contributed by atoms with Gasteiger partial charge in [-0.15, -0.1) is 0 Å². The fourth-order valence-electron chi connectivity index (χ4n) is 2.10. The normalized spacial score (nSPS) is 10.3. The van der Waals surface area contributed by atoms with E-state index < -0.39 is 16.7 Å². The van der Waals surface area contributed by atoms with Crippen molar-refractivity contribution in [3.8, 4) is 0 Å². The van der Waals surface area contributed by atoms with Crippen LogP contribution in [-0.4, -0.2) is 45.4 Å². The van der Waals surface area contributed by atoms with Gasteiger partial charge in [0.05, 0.1) is 11.5 Å². The SMILES string of the molecule is Cc1ccc(NC(=O)CN(C)C(=O)c2n[nH]c(C)c2[N+](=O)[O-])cc1. The molecule has 0 radical (unpaired) electrons. The third-order valence-electron chi connectivity index (χ3n) is 3.36. The molecule has 0 aliphatic heterocycles. The number of carbonyl (C=O) groups is 2. The maximum absolute atomic E-state index is 12.3. The third-order valence-corrected chi connectivity index (χ3v) is 3.36. The van der Waals surface area contributed by atoms with Crippen LogP contribution in [0.25, 0.3) is 0 Å². The Balaban J connectivity index is 2.05. The Kier molecular flexibility index (Phi) is 4.93. The number of nitro groups is 1. The second-order valence-electron chi connectivity index (χ2n) is 5.38. The number of carbonyl (C=O) groups excluding carboxylic acids is 2. The molecule has 0 spiro atoms. The van der Waals surface area contributed by atoms with Gasteiger partial charge in [0.25, 0.3) is 5.91 Å². The van der Waals surface area contributed by atoms with Crippen LogP contribution in [0.15, 0.2) is 24.3 Å². The van der Waals surface area contributed by atoms with Crippen LogP contribution in [0, 0.1) is 24.0 Å². The molecule has 2 amide bonds. The van der Waals surface area contributed by atoms with Crippen molar-refractivity contribution in [2.24, 2.45) is 0 Å². The van der Waals surface area contributed by atoms with Crippen LogP contribution in [0.4, 0.5) is 11.4 Å². The number of aryl methyl sites for hydroxylation is 2. The van der Waals surface area contributed by atoms with Gasteiger partial charge in [-0.25, -0.2) is 0 Å². The summed E-state index contributed by atoms with van der Waals surface area (Å²) in [5, 5.41) is 19.8. The van der Waals surface area contributed by atoms with Gasteiger partial charge in [0, 0.05) is 12.7 Å². The monoisotopic (exact) mass is 331 g/mol. The largest absolute Gasteiger partial charge is 0.331 e. The molecular formula is C15H17N5O4. The summed E-state index contributed by atoms with van der Waals surface area (Å²) < 4.78 is 0. The molecule has 0 fully saturated rings. The van der Waals surface area contributed by atoms with Crippen molar-refractivity contribution in [1.82, 2.24) is 15.1 Å². The van der Waals surface area contributed by atoms with Gasteiger partial charge in [0.2, 0.25) is 11.6 Å². The van der Waals surface area contributed by atoms with Crippen molar-refractivity contribution in [2.45, 2.75) is 13.8 Å². The van der Waals surface area contributed by atoms with Crippen molar-refractivity contribution in [1.29, 1.82) is 0 Å². The predicted molar refractivity (Wildman–Crippen MR) is 86.7 cm³/mol. The molecule has 2 rings (SSSR count). The molecule has 1 aromatic carbocycles. The van der Waals surface area contributed by atoms with Gasteiger partial charge < -0.3 is 10.2 Å². The Morgan fingerprint density at radius 3 is 2.50 bits per heavy atom. The molecule has 0 saturated heterocycles. The maximum atomic E-state index is 12.3. The number of anilines is 1. The molecule has 0 aliphatic carbocycles. The Morgan fingerprint density at radius 1 is 1.29 bits per heavy atom. The Bertz CT molecular complexity index is 782. The minimum absolute atomic E-state index is 0.181. The van der Waals surface area contributed by atoms with E-state index in [2.05, 4.69) is 15.5 Å². The zero-order valence-corrected chi connectivity index (χ0v) is 13.5. The Labute approximate surface area is 137 Å². The quantitative estimate of drug-likeness (QED) is 0.637. The summed E-state index contributed by atoms with van der Waals surface area (Å²) in [7, 11) is 1.38. The zero-order valence-electron chi connectivity index (χ0n) is 13.5. The molecule has 0 bridgehead atoms. The van der Waals surface area contributed by atoms with Crippen molar-refractivity contribution in [3.63, 3.8) is 0 Å². The van der Waals surface area contributed by atoms with Gasteiger partial charge in [-0.05, 0) is 26.0 Å². The molecule has 9 nitrogen and oxygen atoms in total. The summed E-state index contributed by atoms with van der Waals surface area (Å²) in [5.74, 6) is -1.12. The first-order valence-electron chi connectivity index (χ1n) is 7.11. The predicted octanol–water partition coefficient (Wildman–Crippen LogP) is 1.65. The molecule has 9 heteroatoms. The molecule has 0 unspecified atom stereocenters. The van der Waals surface area contributed by atoms with Crippen LogP contribution in [0.1, 0.15) is 21.7 Å². The number of aromatic amines is 1. The van der Waals surface area contributed by atoms with Gasteiger partial charge >= 0.3 is 5.69 Å². The number of likely N-dealkylation sites (N-methyl/N-ethyl adjacent to an activating group) is 1. The minimum atomic E-state index is -0.704. The van der Waals surface area contributed by atoms with Gasteiger partial charge in [0.1, 0.15) is 5.69 Å². The average molecular weight is 331 g/mol. The molecule has 1 heterocycles. The molecule has 2 aromatic rings. The average Bonchev–Trinajstić information content (AvgIpc) is 2.90. The van der Waals surface area contributed by atoms with Crippen molar-refractivity contribution in [3.05, 3.63) is 51.3 Å². The number of benzene rings is 1. The van der Waals surface area contributed by atoms with E-state index in [9.17, 15) is 19.7 Å². The highest BCUT2D eigenvalue weighted by molar-refractivity contribution is 6.00. The first kappa shape index (κ1) is 17.1. The molecule has 0 saturated carbocycles. The number of rotatable bonds is 5. The van der Waals surface area contributed by atoms with E-state index in [-0.39, 0.29) is 23.6 Å². The molecular weight excluding hydrogens is 314 g/mol. The van der Waals surface area contributed by atoms with Crippen molar-refractivity contribution in [2.75, 3.05) is 18.9 Å². The lowest BCUT2D eigenvalue weighted by atomic mass is 10.2. The van der Waals surface area contributed by atoms with Crippen LogP contribution < -0.4 is 5.32 Å². The zero-order chi connectivity index (χ0) is 17.9. The van der Waals surface area contributed by atoms with Crippen LogP contribution in [-0.2, 0) is 4.79 Å². The van der Waals surface area contributed by atoms with Gasteiger partial charge in [-0.3, -0.25) is 24.8 Å². The molecule has 0 aliphatic rings. The van der Waals surface area contributed by atoms with E-state index >= 15 is 0 Å². The lowest BCUT2D eigenvalue weighted by Crippen LogP contribution is -2.35. The van der Waals surface area contributed by atoms with E-state index in [1.807, 2.05) is 19.1 Å². The first-order valence-corrected chi connectivity index (χ1v) is 7.11. The Hall–Kier alpha value is -3.23. The molecule has 126 valence electrons. The summed E-state index contributed by atoms with van der Waals surface area (Å²) in [5.41, 5.74) is 1.14. The fourth-order valence-corrected chi connectivity index (χ4v) is 2.10. The maximum Gasteiger partial charge on any atom is 0.322 e. The summed E-state index contributed by atoms with van der Waals surface area (Å²) in [6, 6.07) is 7.19. The number of hydrogen-bond donors (Lipinski definition) is 2. The van der Waals surface area contributed by atoms with Crippen LogP contribution in [0.2, 0.25) is 0 Å². The van der Waals surface area contributed by atoms with Crippen molar-refractivity contribution >= 4 is 23.2 Å². The second kappa shape index (κ2) is 6.90. The van der Waals surface area contributed by atoms with Crippen LogP contribution in [0.5, 0.6) is 0 Å². The van der Waals surface area contributed by atoms with E-state index in [0.29, 0.717) is 5.69 Å². The molecule has 1 aromatic heterocycles. The number of amides is 2. The standard InChI is InChI=1S/C15H17N5O4/c1-9-4-6-11(7-5-9)16-12(21)8-19(3)15(22)13-14(20(23)24)10(2)17-18-13/h4-7H,8H2,1-3H3,(H,16,21)(H,17,18). The number of aromatic nitrogens is 2. The Morgan fingerprint density at radius 2 is 1.92 bits per heavy atom. The lowest BCUT2D eigenvalue weighted by molar-refractivity contribution is -0.385. The topological polar surface area (TPSA) is 121 Å². The number of hydrogen-bond acceptors (Lipinski definition) is 5. The summed E-state index contributed by atoms with van der Waals surface area (Å²) in [4.78, 5) is 35.7. The van der Waals surface area contributed by atoms with Gasteiger partial charge in [0.15, 0.2) is 0 Å². The van der Waals surface area contributed by atoms with E-state index in [1.54, 1.807) is 12.1 Å². The summed E-state index contributed by atoms with van der Waals surface area (Å²) in [6.07, 6.45) is 0. The first-order chi connectivity index (χ1) is 11.3. The smallest absolute Gasteiger partial charge is 0.322 e.